The second-order valence-corrected chi connectivity index (χ2v) is 6.61. The Labute approximate surface area is 124 Å². The molecule has 0 aliphatic heterocycles. The van der Waals surface area contributed by atoms with Crippen molar-refractivity contribution in [1.29, 1.82) is 0 Å². The van der Waals surface area contributed by atoms with E-state index in [1.54, 1.807) is 0 Å². The highest BCUT2D eigenvalue weighted by Gasteiger charge is 2.07. The van der Waals surface area contributed by atoms with Crippen LogP contribution in [0.1, 0.15) is 25.5 Å². The lowest BCUT2D eigenvalue weighted by Gasteiger charge is -2.15. The number of nitrogens with zero attached hydrogens (tertiary/aromatic N) is 1. The summed E-state index contributed by atoms with van der Waals surface area (Å²) in [4.78, 5) is 3.53. The summed E-state index contributed by atoms with van der Waals surface area (Å²) in [5.41, 5.74) is 1.33. The smallest absolute Gasteiger partial charge is 0.0314 e. The van der Waals surface area contributed by atoms with Gasteiger partial charge in [0.2, 0.25) is 0 Å². The molecule has 0 saturated heterocycles. The third kappa shape index (κ3) is 5.31. The first-order valence-electron chi connectivity index (χ1n) is 6.35. The molecule has 1 aromatic carbocycles. The molecule has 1 unspecified atom stereocenters. The van der Waals surface area contributed by atoms with Crippen molar-refractivity contribution < 1.29 is 0 Å². The van der Waals surface area contributed by atoms with Crippen LogP contribution in [-0.4, -0.2) is 37.8 Å². The molecule has 0 aliphatic carbocycles. The summed E-state index contributed by atoms with van der Waals surface area (Å²) in [6.07, 6.45) is 0. The van der Waals surface area contributed by atoms with Gasteiger partial charge in [0, 0.05) is 27.7 Å². The maximum Gasteiger partial charge on any atom is 0.0314 e. The van der Waals surface area contributed by atoms with Crippen molar-refractivity contribution in [2.45, 2.75) is 24.8 Å². The number of nitrogens with one attached hydrogen (secondary N) is 1. The fraction of sp³-hybridized carbons (Fsp3) is 0.571. The van der Waals surface area contributed by atoms with Crippen molar-refractivity contribution in [3.63, 3.8) is 0 Å². The average Bonchev–Trinajstić information content (AvgIpc) is 2.31. The highest BCUT2D eigenvalue weighted by molar-refractivity contribution is 9.10. The molecule has 2 nitrogen and oxygen atoms in total. The van der Waals surface area contributed by atoms with Gasteiger partial charge >= 0.3 is 0 Å². The van der Waals surface area contributed by atoms with Crippen LogP contribution in [-0.2, 0) is 0 Å². The van der Waals surface area contributed by atoms with Crippen LogP contribution < -0.4 is 5.32 Å². The fourth-order valence-electron chi connectivity index (χ4n) is 1.67. The Morgan fingerprint density at radius 3 is 2.67 bits per heavy atom. The van der Waals surface area contributed by atoms with Crippen LogP contribution in [0.3, 0.4) is 0 Å². The van der Waals surface area contributed by atoms with Crippen LogP contribution in [0.15, 0.2) is 27.6 Å². The Morgan fingerprint density at radius 2 is 2.11 bits per heavy atom. The van der Waals surface area contributed by atoms with E-state index < -0.39 is 0 Å². The van der Waals surface area contributed by atoms with E-state index >= 15 is 0 Å². The van der Waals surface area contributed by atoms with Crippen LogP contribution in [0, 0.1) is 0 Å². The molecule has 0 amide bonds. The van der Waals surface area contributed by atoms with E-state index in [2.05, 4.69) is 72.3 Å². The van der Waals surface area contributed by atoms with Crippen molar-refractivity contribution in [1.82, 2.24) is 10.2 Å². The lowest BCUT2D eigenvalue weighted by molar-refractivity contribution is 0.437. The molecule has 0 heterocycles. The zero-order chi connectivity index (χ0) is 13.5. The van der Waals surface area contributed by atoms with E-state index in [9.17, 15) is 0 Å². The second kappa shape index (κ2) is 8.20. The Morgan fingerprint density at radius 1 is 1.39 bits per heavy atom. The molecule has 102 valence electrons. The molecule has 0 bridgehead atoms. The summed E-state index contributed by atoms with van der Waals surface area (Å²) < 4.78 is 1.20. The van der Waals surface area contributed by atoms with Gasteiger partial charge in [0.1, 0.15) is 0 Å². The molecule has 1 rings (SSSR count). The van der Waals surface area contributed by atoms with Crippen molar-refractivity contribution >= 4 is 27.7 Å². The van der Waals surface area contributed by atoms with Crippen LogP contribution in [0.4, 0.5) is 0 Å². The van der Waals surface area contributed by atoms with Crippen LogP contribution in [0.2, 0.25) is 0 Å². The quantitative estimate of drug-likeness (QED) is 0.766. The minimum Gasteiger partial charge on any atom is -0.310 e. The molecular formula is C14H23BrN2S. The molecule has 1 N–H and O–H groups in total. The standard InChI is InChI=1S/C14H23BrN2S/c1-5-16-11(2)12-6-7-14(13(15)10-12)18-9-8-17(3)4/h6-7,10-11,16H,5,8-9H2,1-4H3. The van der Waals surface area contributed by atoms with Crippen molar-refractivity contribution in [2.24, 2.45) is 0 Å². The maximum atomic E-state index is 3.67. The molecule has 18 heavy (non-hydrogen) atoms. The second-order valence-electron chi connectivity index (χ2n) is 4.62. The van der Waals surface area contributed by atoms with E-state index in [1.807, 2.05) is 11.8 Å². The molecule has 0 spiro atoms. The summed E-state index contributed by atoms with van der Waals surface area (Å²) in [5, 5.41) is 3.43. The topological polar surface area (TPSA) is 15.3 Å². The molecule has 4 heteroatoms. The third-order valence-corrected chi connectivity index (χ3v) is 4.73. The largest absolute Gasteiger partial charge is 0.310 e. The van der Waals surface area contributed by atoms with Gasteiger partial charge in [-0.05, 0) is 61.2 Å². The van der Waals surface area contributed by atoms with Crippen molar-refractivity contribution in [3.8, 4) is 0 Å². The molecule has 1 atom stereocenters. The summed E-state index contributed by atoms with van der Waals surface area (Å²) >= 11 is 5.57. The zero-order valence-corrected chi connectivity index (χ0v) is 14.1. The normalized spacial score (nSPS) is 13.0. The van der Waals surface area contributed by atoms with Crippen LogP contribution in [0.25, 0.3) is 0 Å². The first-order chi connectivity index (χ1) is 8.54. The lowest BCUT2D eigenvalue weighted by atomic mass is 10.1. The van der Waals surface area contributed by atoms with E-state index in [0.29, 0.717) is 6.04 Å². The SMILES string of the molecule is CCNC(C)c1ccc(SCCN(C)C)c(Br)c1. The summed E-state index contributed by atoms with van der Waals surface area (Å²) in [6, 6.07) is 7.07. The van der Waals surface area contributed by atoms with Gasteiger partial charge in [0.15, 0.2) is 0 Å². The number of rotatable bonds is 7. The average molecular weight is 331 g/mol. The number of benzene rings is 1. The Hall–Kier alpha value is -0.0300. The van der Waals surface area contributed by atoms with Gasteiger partial charge in [-0.15, -0.1) is 11.8 Å². The lowest BCUT2D eigenvalue weighted by Crippen LogP contribution is -2.17. The van der Waals surface area contributed by atoms with Gasteiger partial charge in [-0.2, -0.15) is 0 Å². The molecule has 0 fully saturated rings. The van der Waals surface area contributed by atoms with Crippen LogP contribution in [0.5, 0.6) is 0 Å². The Kier molecular flexibility index (Phi) is 7.30. The molecule has 0 aromatic heterocycles. The van der Waals surface area contributed by atoms with Gasteiger partial charge in [-0.1, -0.05) is 13.0 Å². The third-order valence-electron chi connectivity index (χ3n) is 2.76. The number of hydrogen-bond acceptors (Lipinski definition) is 3. The number of thioether (sulfide) groups is 1. The van der Waals surface area contributed by atoms with Gasteiger partial charge in [0.25, 0.3) is 0 Å². The first-order valence-corrected chi connectivity index (χ1v) is 8.12. The minimum atomic E-state index is 0.409. The highest BCUT2D eigenvalue weighted by atomic mass is 79.9. The zero-order valence-electron chi connectivity index (χ0n) is 11.7. The van der Waals surface area contributed by atoms with Gasteiger partial charge < -0.3 is 10.2 Å². The summed E-state index contributed by atoms with van der Waals surface area (Å²) in [7, 11) is 4.22. The molecule has 1 aromatic rings. The Bertz CT molecular complexity index is 369. The van der Waals surface area contributed by atoms with E-state index in [0.717, 1.165) is 18.8 Å². The van der Waals surface area contributed by atoms with Gasteiger partial charge in [-0.25, -0.2) is 0 Å². The fourth-order valence-corrected chi connectivity index (χ4v) is 3.44. The first kappa shape index (κ1) is 16.0. The van der Waals surface area contributed by atoms with Gasteiger partial charge in [-0.3, -0.25) is 0 Å². The Balaban J connectivity index is 2.62. The molecule has 0 saturated carbocycles. The molecule has 0 aliphatic rings. The summed E-state index contributed by atoms with van der Waals surface area (Å²) in [5.74, 6) is 1.12. The highest BCUT2D eigenvalue weighted by Crippen LogP contribution is 2.30. The monoisotopic (exact) mass is 330 g/mol. The summed E-state index contributed by atoms with van der Waals surface area (Å²) in [6.45, 7) is 6.44. The maximum absolute atomic E-state index is 3.67. The van der Waals surface area contributed by atoms with Crippen LogP contribution >= 0.6 is 27.7 Å². The van der Waals surface area contributed by atoms with Crippen molar-refractivity contribution in [2.75, 3.05) is 32.9 Å². The van der Waals surface area contributed by atoms with Crippen molar-refractivity contribution in [3.05, 3.63) is 28.2 Å². The predicted molar refractivity (Wildman–Crippen MR) is 85.5 cm³/mol. The van der Waals surface area contributed by atoms with Gasteiger partial charge in [0.05, 0.1) is 0 Å². The minimum absolute atomic E-state index is 0.409. The molecule has 0 radical (unpaired) electrons. The number of hydrogen-bond donors (Lipinski definition) is 1. The van der Waals surface area contributed by atoms with E-state index in [-0.39, 0.29) is 0 Å². The predicted octanol–water partition coefficient (Wildman–Crippen LogP) is 3.77. The van der Waals surface area contributed by atoms with E-state index in [4.69, 9.17) is 0 Å². The number of halogens is 1. The molecular weight excluding hydrogens is 308 g/mol. The van der Waals surface area contributed by atoms with E-state index in [1.165, 1.54) is 14.9 Å².